The Morgan fingerprint density at radius 1 is 1.33 bits per heavy atom. The van der Waals surface area contributed by atoms with Gasteiger partial charge in [0, 0.05) is 25.2 Å². The van der Waals surface area contributed by atoms with Gasteiger partial charge in [0.1, 0.15) is 9.84 Å². The van der Waals surface area contributed by atoms with Crippen LogP contribution < -0.4 is 5.32 Å². The second-order valence-electron chi connectivity index (χ2n) is 5.15. The molecular formula is C13H29NO3S. The number of sulfone groups is 1. The monoisotopic (exact) mass is 279 g/mol. The van der Waals surface area contributed by atoms with Gasteiger partial charge < -0.3 is 10.1 Å². The van der Waals surface area contributed by atoms with E-state index in [1.807, 2.05) is 0 Å². The second kappa shape index (κ2) is 8.12. The molecule has 0 fully saturated rings. The van der Waals surface area contributed by atoms with Crippen LogP contribution in [0.5, 0.6) is 0 Å². The van der Waals surface area contributed by atoms with Gasteiger partial charge in [0.05, 0.1) is 5.60 Å². The van der Waals surface area contributed by atoms with Gasteiger partial charge in [0.15, 0.2) is 0 Å². The van der Waals surface area contributed by atoms with Gasteiger partial charge >= 0.3 is 0 Å². The largest absolute Gasteiger partial charge is 0.377 e. The minimum atomic E-state index is -2.87. The normalized spacial score (nSPS) is 17.4. The van der Waals surface area contributed by atoms with Gasteiger partial charge in [0.25, 0.3) is 0 Å². The van der Waals surface area contributed by atoms with E-state index >= 15 is 0 Å². The molecule has 1 N–H and O–H groups in total. The van der Waals surface area contributed by atoms with Crippen LogP contribution in [0.1, 0.15) is 46.5 Å². The summed E-state index contributed by atoms with van der Waals surface area (Å²) in [5, 5.41) is 3.48. The fourth-order valence-corrected chi connectivity index (χ4v) is 2.72. The maximum absolute atomic E-state index is 11.2. The predicted molar refractivity (Wildman–Crippen MR) is 76.7 cm³/mol. The van der Waals surface area contributed by atoms with Gasteiger partial charge in [-0.05, 0) is 39.2 Å². The van der Waals surface area contributed by atoms with Crippen molar-refractivity contribution < 1.29 is 13.2 Å². The number of hydrogen-bond acceptors (Lipinski definition) is 4. The van der Waals surface area contributed by atoms with Crippen molar-refractivity contribution >= 4 is 9.84 Å². The van der Waals surface area contributed by atoms with Crippen molar-refractivity contribution in [2.75, 3.05) is 25.7 Å². The molecule has 0 saturated carbocycles. The molecule has 0 aromatic rings. The van der Waals surface area contributed by atoms with Crippen molar-refractivity contribution in [3.63, 3.8) is 0 Å². The van der Waals surface area contributed by atoms with E-state index in [1.54, 1.807) is 7.11 Å². The lowest BCUT2D eigenvalue weighted by atomic mass is 9.89. The summed E-state index contributed by atoms with van der Waals surface area (Å²) in [6.45, 7) is 7.24. The van der Waals surface area contributed by atoms with E-state index in [4.69, 9.17) is 4.74 Å². The SMILES string of the molecule is CCCNC(CCCS(C)(=O)=O)C(C)(CC)OC. The van der Waals surface area contributed by atoms with E-state index in [-0.39, 0.29) is 17.4 Å². The van der Waals surface area contributed by atoms with Gasteiger partial charge in [-0.3, -0.25) is 0 Å². The molecule has 4 nitrogen and oxygen atoms in total. The highest BCUT2D eigenvalue weighted by atomic mass is 32.2. The summed E-state index contributed by atoms with van der Waals surface area (Å²) in [7, 11) is -1.14. The number of rotatable bonds is 10. The van der Waals surface area contributed by atoms with Crippen LogP contribution in [0.15, 0.2) is 0 Å². The molecule has 0 rings (SSSR count). The van der Waals surface area contributed by atoms with Gasteiger partial charge in [-0.25, -0.2) is 8.42 Å². The van der Waals surface area contributed by atoms with Crippen LogP contribution in [0.4, 0.5) is 0 Å². The standard InChI is InChI=1S/C13H29NO3S/c1-6-10-14-12(13(3,7-2)17-4)9-8-11-18(5,15)16/h12,14H,6-11H2,1-5H3. The lowest BCUT2D eigenvalue weighted by molar-refractivity contribution is -0.0311. The molecular weight excluding hydrogens is 250 g/mol. The maximum Gasteiger partial charge on any atom is 0.147 e. The molecule has 0 aliphatic carbocycles. The molecule has 0 bridgehead atoms. The highest BCUT2D eigenvalue weighted by Gasteiger charge is 2.31. The van der Waals surface area contributed by atoms with Gasteiger partial charge in [-0.1, -0.05) is 13.8 Å². The minimum absolute atomic E-state index is 0.203. The Kier molecular flexibility index (Phi) is 8.06. The third-order valence-corrected chi connectivity index (χ3v) is 4.58. The number of methoxy groups -OCH3 is 1. The van der Waals surface area contributed by atoms with Crippen LogP contribution in [0.2, 0.25) is 0 Å². The van der Waals surface area contributed by atoms with Crippen molar-refractivity contribution in [3.05, 3.63) is 0 Å². The third kappa shape index (κ3) is 6.71. The van der Waals surface area contributed by atoms with Crippen LogP contribution in [-0.4, -0.2) is 45.7 Å². The molecule has 18 heavy (non-hydrogen) atoms. The maximum atomic E-state index is 11.2. The van der Waals surface area contributed by atoms with Crippen LogP contribution in [0.3, 0.4) is 0 Å². The van der Waals surface area contributed by atoms with Crippen molar-refractivity contribution in [2.24, 2.45) is 0 Å². The number of nitrogens with one attached hydrogen (secondary N) is 1. The summed E-state index contributed by atoms with van der Waals surface area (Å²) < 4.78 is 27.9. The first-order chi connectivity index (χ1) is 8.29. The first kappa shape index (κ1) is 17.9. The van der Waals surface area contributed by atoms with Gasteiger partial charge in [-0.2, -0.15) is 0 Å². The molecule has 0 amide bonds. The van der Waals surface area contributed by atoms with E-state index in [2.05, 4.69) is 26.1 Å². The molecule has 110 valence electrons. The summed E-state index contributed by atoms with van der Waals surface area (Å²) in [5.74, 6) is 0.251. The lowest BCUT2D eigenvalue weighted by Gasteiger charge is -2.36. The van der Waals surface area contributed by atoms with Crippen molar-refractivity contribution in [3.8, 4) is 0 Å². The average Bonchev–Trinajstić information content (AvgIpc) is 2.31. The summed E-state index contributed by atoms with van der Waals surface area (Å²) in [6, 6.07) is 0.203. The van der Waals surface area contributed by atoms with Crippen molar-refractivity contribution in [1.29, 1.82) is 0 Å². The Balaban J connectivity index is 4.48. The Morgan fingerprint density at radius 2 is 1.94 bits per heavy atom. The highest BCUT2D eigenvalue weighted by molar-refractivity contribution is 7.90. The molecule has 0 heterocycles. The first-order valence-electron chi connectivity index (χ1n) is 6.75. The average molecular weight is 279 g/mol. The molecule has 0 aromatic heterocycles. The molecule has 0 aromatic carbocycles. The predicted octanol–water partition coefficient (Wildman–Crippen LogP) is 1.99. The highest BCUT2D eigenvalue weighted by Crippen LogP contribution is 2.23. The van der Waals surface area contributed by atoms with E-state index in [0.29, 0.717) is 6.42 Å². The quantitative estimate of drug-likeness (QED) is 0.664. The first-order valence-corrected chi connectivity index (χ1v) is 8.81. The Hall–Kier alpha value is -0.130. The van der Waals surface area contributed by atoms with Crippen LogP contribution >= 0.6 is 0 Å². The van der Waals surface area contributed by atoms with E-state index in [0.717, 1.165) is 25.8 Å². The Bertz CT molecular complexity index is 310. The van der Waals surface area contributed by atoms with E-state index < -0.39 is 9.84 Å². The van der Waals surface area contributed by atoms with Crippen LogP contribution in [0.25, 0.3) is 0 Å². The smallest absolute Gasteiger partial charge is 0.147 e. The molecule has 0 aliphatic heterocycles. The van der Waals surface area contributed by atoms with E-state index in [1.165, 1.54) is 6.26 Å². The lowest BCUT2D eigenvalue weighted by Crippen LogP contribution is -2.50. The third-order valence-electron chi connectivity index (χ3n) is 3.55. The minimum Gasteiger partial charge on any atom is -0.377 e. The molecule has 0 saturated heterocycles. The molecule has 0 aliphatic rings. The fourth-order valence-electron chi connectivity index (χ4n) is 2.02. The molecule has 0 radical (unpaired) electrons. The number of hydrogen-bond donors (Lipinski definition) is 1. The molecule has 5 heteroatoms. The summed E-state index contributed by atoms with van der Waals surface area (Å²) in [4.78, 5) is 0. The summed E-state index contributed by atoms with van der Waals surface area (Å²) >= 11 is 0. The zero-order chi connectivity index (χ0) is 14.2. The van der Waals surface area contributed by atoms with Crippen LogP contribution in [-0.2, 0) is 14.6 Å². The molecule has 0 spiro atoms. The van der Waals surface area contributed by atoms with E-state index in [9.17, 15) is 8.42 Å². The zero-order valence-electron chi connectivity index (χ0n) is 12.5. The zero-order valence-corrected chi connectivity index (χ0v) is 13.3. The fraction of sp³-hybridized carbons (Fsp3) is 1.00. The molecule has 2 atom stereocenters. The van der Waals surface area contributed by atoms with Crippen molar-refractivity contribution in [2.45, 2.75) is 58.1 Å². The van der Waals surface area contributed by atoms with Crippen LogP contribution in [0, 0.1) is 0 Å². The van der Waals surface area contributed by atoms with Crippen molar-refractivity contribution in [1.82, 2.24) is 5.32 Å². The molecule has 2 unspecified atom stereocenters. The summed E-state index contributed by atoms with van der Waals surface area (Å²) in [5.41, 5.74) is -0.229. The van der Waals surface area contributed by atoms with Gasteiger partial charge in [0.2, 0.25) is 0 Å². The second-order valence-corrected chi connectivity index (χ2v) is 7.41. The Morgan fingerprint density at radius 3 is 2.33 bits per heavy atom. The van der Waals surface area contributed by atoms with Gasteiger partial charge in [-0.15, -0.1) is 0 Å². The Labute approximate surface area is 112 Å². The topological polar surface area (TPSA) is 55.4 Å². The summed E-state index contributed by atoms with van der Waals surface area (Å²) in [6.07, 6.45) is 4.76. The number of ether oxygens (including phenoxy) is 1.